The standard InChI is InChI=1S/C71H61N5O5/c1-77-67-42-32-62(33-43-67)72(52-12-8-6-9-13-52)54-16-20-56(21-17-54)74(64-36-46-69(79-3)47-37-64)58-24-28-60(29-25-58)76(66-40-50-71(81-5)51-41-66)61-30-26-59(27-31-61)75(65-38-48-70(80-4)49-39-65)57-22-18-55(19-23-57)73(53-14-10-7-11-15-53)63-34-44-68(78-2)45-35-63/h6-51H,1-5H3. The highest BCUT2D eigenvalue weighted by Crippen LogP contribution is 2.45. The van der Waals surface area contributed by atoms with Gasteiger partial charge < -0.3 is 48.2 Å². The van der Waals surface area contributed by atoms with E-state index >= 15 is 0 Å². The second kappa shape index (κ2) is 24.4. The molecule has 0 amide bonds. The Morgan fingerprint density at radius 1 is 0.148 bits per heavy atom. The summed E-state index contributed by atoms with van der Waals surface area (Å²) in [6.45, 7) is 0. The molecule has 0 aliphatic rings. The maximum atomic E-state index is 5.63. The van der Waals surface area contributed by atoms with Gasteiger partial charge in [0.2, 0.25) is 0 Å². The molecule has 10 heteroatoms. The van der Waals surface area contributed by atoms with Gasteiger partial charge in [-0.15, -0.1) is 0 Å². The van der Waals surface area contributed by atoms with Gasteiger partial charge in [0, 0.05) is 85.3 Å². The van der Waals surface area contributed by atoms with Crippen LogP contribution in [0.4, 0.5) is 85.3 Å². The van der Waals surface area contributed by atoms with Crippen molar-refractivity contribution in [2.24, 2.45) is 0 Å². The topological polar surface area (TPSA) is 62.3 Å². The number of ether oxygens (including phenoxy) is 5. The van der Waals surface area contributed by atoms with Crippen LogP contribution in [-0.4, -0.2) is 35.5 Å². The minimum Gasteiger partial charge on any atom is -0.497 e. The number of rotatable bonds is 20. The number of benzene rings is 11. The summed E-state index contributed by atoms with van der Waals surface area (Å²) in [4.78, 5) is 11.3. The molecule has 400 valence electrons. The lowest BCUT2D eigenvalue weighted by Crippen LogP contribution is -2.14. The third-order valence-electron chi connectivity index (χ3n) is 14.1. The van der Waals surface area contributed by atoms with Crippen LogP contribution in [0.15, 0.2) is 279 Å². The number of anilines is 15. The van der Waals surface area contributed by atoms with Crippen molar-refractivity contribution in [3.05, 3.63) is 279 Å². The summed E-state index contributed by atoms with van der Waals surface area (Å²) < 4.78 is 27.8. The lowest BCUT2D eigenvalue weighted by molar-refractivity contribution is 0.414. The average molecular weight is 1060 g/mol. The molecular weight excluding hydrogens is 1000 g/mol. The van der Waals surface area contributed by atoms with Crippen LogP contribution in [0.1, 0.15) is 0 Å². The van der Waals surface area contributed by atoms with E-state index in [9.17, 15) is 0 Å². The molecule has 0 fully saturated rings. The van der Waals surface area contributed by atoms with E-state index < -0.39 is 0 Å². The zero-order valence-corrected chi connectivity index (χ0v) is 45.8. The molecule has 0 atom stereocenters. The van der Waals surface area contributed by atoms with Gasteiger partial charge in [0.25, 0.3) is 0 Å². The SMILES string of the molecule is COc1ccc(N(c2ccccc2)c2ccc(N(c3ccc(OC)cc3)c3ccc(N(c4ccc(OC)cc4)c4ccc(N(c5ccc(OC)cc5)c5ccc(N(c6ccccc6)c6ccc(OC)cc6)cc5)cc4)cc3)cc2)cc1. The van der Waals surface area contributed by atoms with Gasteiger partial charge in [-0.1, -0.05) is 36.4 Å². The van der Waals surface area contributed by atoms with Crippen LogP contribution in [0.2, 0.25) is 0 Å². The molecular formula is C71H61N5O5. The predicted octanol–water partition coefficient (Wildman–Crippen LogP) is 19.1. The number of hydrogen-bond acceptors (Lipinski definition) is 10. The van der Waals surface area contributed by atoms with Crippen LogP contribution < -0.4 is 48.2 Å². The van der Waals surface area contributed by atoms with Crippen LogP contribution in [0.5, 0.6) is 28.7 Å². The summed E-state index contributed by atoms with van der Waals surface area (Å²) in [5, 5.41) is 0. The molecule has 0 saturated carbocycles. The lowest BCUT2D eigenvalue weighted by Gasteiger charge is -2.30. The highest BCUT2D eigenvalue weighted by atomic mass is 16.5. The van der Waals surface area contributed by atoms with E-state index in [1.807, 2.05) is 72.8 Å². The van der Waals surface area contributed by atoms with Crippen LogP contribution >= 0.6 is 0 Å². The van der Waals surface area contributed by atoms with E-state index in [1.165, 1.54) is 0 Å². The van der Waals surface area contributed by atoms with Crippen molar-refractivity contribution in [2.45, 2.75) is 0 Å². The summed E-state index contributed by atoms with van der Waals surface area (Å²) in [7, 11) is 8.44. The highest BCUT2D eigenvalue weighted by molar-refractivity contribution is 5.86. The largest absolute Gasteiger partial charge is 0.497 e. The van der Waals surface area contributed by atoms with E-state index in [4.69, 9.17) is 23.7 Å². The van der Waals surface area contributed by atoms with Crippen LogP contribution in [-0.2, 0) is 0 Å². The minimum atomic E-state index is 0.776. The van der Waals surface area contributed by atoms with Gasteiger partial charge in [-0.3, -0.25) is 0 Å². The second-order valence-electron chi connectivity index (χ2n) is 18.9. The quantitative estimate of drug-likeness (QED) is 0.0737. The Kier molecular flexibility index (Phi) is 15.8. The van der Waals surface area contributed by atoms with E-state index in [2.05, 4.69) is 231 Å². The fourth-order valence-corrected chi connectivity index (χ4v) is 10.0. The molecule has 0 N–H and O–H groups in total. The van der Waals surface area contributed by atoms with E-state index in [0.29, 0.717) is 0 Å². The first-order valence-electron chi connectivity index (χ1n) is 26.6. The third-order valence-corrected chi connectivity index (χ3v) is 14.1. The van der Waals surface area contributed by atoms with Gasteiger partial charge in [0.15, 0.2) is 0 Å². The van der Waals surface area contributed by atoms with Gasteiger partial charge >= 0.3 is 0 Å². The summed E-state index contributed by atoms with van der Waals surface area (Å²) in [5.41, 5.74) is 15.0. The van der Waals surface area contributed by atoms with Crippen molar-refractivity contribution >= 4 is 85.3 Å². The number of nitrogens with zero attached hydrogens (tertiary/aromatic N) is 5. The zero-order chi connectivity index (χ0) is 55.5. The summed E-state index contributed by atoms with van der Waals surface area (Å²) in [6, 6.07) is 96.3. The minimum absolute atomic E-state index is 0.776. The fraction of sp³-hybridized carbons (Fsp3) is 0.0704. The third kappa shape index (κ3) is 11.5. The molecule has 0 aromatic heterocycles. The van der Waals surface area contributed by atoms with Crippen molar-refractivity contribution in [3.8, 4) is 28.7 Å². The summed E-state index contributed by atoms with van der Waals surface area (Å²) >= 11 is 0. The number of para-hydroxylation sites is 2. The molecule has 11 rings (SSSR count). The molecule has 81 heavy (non-hydrogen) atoms. The molecule has 0 aliphatic carbocycles. The molecule has 0 spiro atoms. The molecule has 11 aromatic rings. The molecule has 0 unspecified atom stereocenters. The highest BCUT2D eigenvalue weighted by Gasteiger charge is 2.21. The molecule has 11 aromatic carbocycles. The van der Waals surface area contributed by atoms with E-state index in [1.54, 1.807) is 35.5 Å². The molecule has 0 heterocycles. The maximum Gasteiger partial charge on any atom is 0.119 e. The number of hydrogen-bond donors (Lipinski definition) is 0. The monoisotopic (exact) mass is 1060 g/mol. The van der Waals surface area contributed by atoms with Crippen LogP contribution in [0.25, 0.3) is 0 Å². The Bertz CT molecular complexity index is 3510. The van der Waals surface area contributed by atoms with E-state index in [0.717, 1.165) is 114 Å². The van der Waals surface area contributed by atoms with Crippen LogP contribution in [0.3, 0.4) is 0 Å². The Morgan fingerprint density at radius 3 is 0.383 bits per heavy atom. The van der Waals surface area contributed by atoms with E-state index in [-0.39, 0.29) is 0 Å². The second-order valence-corrected chi connectivity index (χ2v) is 18.9. The Labute approximate surface area is 474 Å². The Balaban J connectivity index is 0.943. The van der Waals surface area contributed by atoms with Gasteiger partial charge in [0.1, 0.15) is 28.7 Å². The lowest BCUT2D eigenvalue weighted by atomic mass is 10.1. The Hall–Kier alpha value is -10.6. The first kappa shape index (κ1) is 52.5. The predicted molar refractivity (Wildman–Crippen MR) is 333 cm³/mol. The molecule has 0 aliphatic heterocycles. The smallest absolute Gasteiger partial charge is 0.119 e. The maximum absolute atomic E-state index is 5.63. The van der Waals surface area contributed by atoms with Crippen molar-refractivity contribution in [1.29, 1.82) is 0 Å². The van der Waals surface area contributed by atoms with Crippen molar-refractivity contribution in [2.75, 3.05) is 60.0 Å². The van der Waals surface area contributed by atoms with Crippen molar-refractivity contribution < 1.29 is 23.7 Å². The normalized spacial score (nSPS) is 10.8. The van der Waals surface area contributed by atoms with Gasteiger partial charge in [0.05, 0.1) is 35.5 Å². The molecule has 10 nitrogen and oxygen atoms in total. The van der Waals surface area contributed by atoms with Crippen LogP contribution in [0, 0.1) is 0 Å². The first-order chi connectivity index (χ1) is 39.9. The van der Waals surface area contributed by atoms with Crippen molar-refractivity contribution in [3.63, 3.8) is 0 Å². The Morgan fingerprint density at radius 2 is 0.259 bits per heavy atom. The van der Waals surface area contributed by atoms with Gasteiger partial charge in [-0.05, 0) is 243 Å². The first-order valence-corrected chi connectivity index (χ1v) is 26.6. The molecule has 0 bridgehead atoms. The summed E-state index contributed by atoms with van der Waals surface area (Å²) in [6.07, 6.45) is 0. The fourth-order valence-electron chi connectivity index (χ4n) is 10.0. The summed E-state index contributed by atoms with van der Waals surface area (Å²) in [5.74, 6) is 3.95. The zero-order valence-electron chi connectivity index (χ0n) is 45.8. The molecule has 0 radical (unpaired) electrons. The van der Waals surface area contributed by atoms with Crippen molar-refractivity contribution in [1.82, 2.24) is 0 Å². The molecule has 0 saturated heterocycles. The van der Waals surface area contributed by atoms with Gasteiger partial charge in [-0.2, -0.15) is 0 Å². The van der Waals surface area contributed by atoms with Gasteiger partial charge in [-0.25, -0.2) is 0 Å². The average Bonchev–Trinajstić information content (AvgIpc) is 3.56. The number of methoxy groups -OCH3 is 5.